The van der Waals surface area contributed by atoms with E-state index in [2.05, 4.69) is 10.2 Å². The lowest BCUT2D eigenvalue weighted by molar-refractivity contribution is -0.136. The van der Waals surface area contributed by atoms with Gasteiger partial charge in [0.05, 0.1) is 23.2 Å². The summed E-state index contributed by atoms with van der Waals surface area (Å²) < 4.78 is 0. The van der Waals surface area contributed by atoms with Crippen LogP contribution in [0, 0.1) is 0 Å². The molecule has 0 radical (unpaired) electrons. The third-order valence-electron chi connectivity index (χ3n) is 2.27. The Hall–Kier alpha value is -2.54. The maximum Gasteiger partial charge on any atom is 0.338 e. The number of rotatable bonds is 3. The molecule has 7 nitrogen and oxygen atoms in total. The van der Waals surface area contributed by atoms with Gasteiger partial charge in [-0.2, -0.15) is 10.2 Å². The van der Waals surface area contributed by atoms with Gasteiger partial charge in [-0.1, -0.05) is 32.0 Å². The summed E-state index contributed by atoms with van der Waals surface area (Å²) in [7, 11) is 0. The Labute approximate surface area is 121 Å². The molecule has 0 bridgehead atoms. The Morgan fingerprint density at radius 3 is 2.29 bits per heavy atom. The number of hydrogen-bond acceptors (Lipinski definition) is 5. The molecule has 1 heterocycles. The van der Waals surface area contributed by atoms with Crippen LogP contribution in [0.25, 0.3) is 10.9 Å². The van der Waals surface area contributed by atoms with Gasteiger partial charge in [-0.3, -0.25) is 4.79 Å². The lowest BCUT2D eigenvalue weighted by Gasteiger charge is -2.05. The van der Waals surface area contributed by atoms with Crippen LogP contribution in [0.5, 0.6) is 0 Å². The van der Waals surface area contributed by atoms with Crippen molar-refractivity contribution in [1.82, 2.24) is 10.2 Å². The molecule has 0 atom stereocenters. The van der Waals surface area contributed by atoms with Gasteiger partial charge in [0.1, 0.15) is 0 Å². The Balaban J connectivity index is 0.000000491. The highest BCUT2D eigenvalue weighted by atomic mass is 16.4. The molecule has 1 aromatic heterocycles. The average molecular weight is 291 g/mol. The highest BCUT2D eigenvalue weighted by Gasteiger charge is 2.18. The summed E-state index contributed by atoms with van der Waals surface area (Å²) in [5.41, 5.74) is 5.40. The SMILES string of the molecule is CC(C)N.O=C(O)Cc1nnc2ccccc2c1C(=O)O. The van der Waals surface area contributed by atoms with Gasteiger partial charge in [0.15, 0.2) is 0 Å². The second kappa shape index (κ2) is 7.30. The van der Waals surface area contributed by atoms with Crippen LogP contribution in [0.4, 0.5) is 0 Å². The van der Waals surface area contributed by atoms with Gasteiger partial charge in [-0.05, 0) is 12.1 Å². The van der Waals surface area contributed by atoms with Crippen molar-refractivity contribution in [2.75, 3.05) is 0 Å². The molecule has 0 saturated heterocycles. The largest absolute Gasteiger partial charge is 0.481 e. The summed E-state index contributed by atoms with van der Waals surface area (Å²) in [5, 5.41) is 25.7. The molecule has 0 aliphatic heterocycles. The zero-order chi connectivity index (χ0) is 16.0. The minimum Gasteiger partial charge on any atom is -0.481 e. The van der Waals surface area contributed by atoms with Crippen LogP contribution in [-0.4, -0.2) is 38.4 Å². The molecule has 0 fully saturated rings. The van der Waals surface area contributed by atoms with E-state index in [1.807, 2.05) is 13.8 Å². The normalized spacial score (nSPS) is 10.1. The number of hydrogen-bond donors (Lipinski definition) is 3. The van der Waals surface area contributed by atoms with Crippen LogP contribution in [0.15, 0.2) is 24.3 Å². The van der Waals surface area contributed by atoms with E-state index in [-0.39, 0.29) is 11.3 Å². The number of aromatic nitrogens is 2. The van der Waals surface area contributed by atoms with E-state index in [0.717, 1.165) is 0 Å². The van der Waals surface area contributed by atoms with E-state index in [0.29, 0.717) is 16.9 Å². The van der Waals surface area contributed by atoms with Crippen molar-refractivity contribution in [3.8, 4) is 0 Å². The first-order valence-corrected chi connectivity index (χ1v) is 6.28. The highest BCUT2D eigenvalue weighted by molar-refractivity contribution is 6.03. The molecule has 1 aromatic carbocycles. The summed E-state index contributed by atoms with van der Waals surface area (Å²) in [4.78, 5) is 21.8. The number of benzene rings is 1. The predicted molar refractivity (Wildman–Crippen MR) is 77.2 cm³/mol. The molecule has 21 heavy (non-hydrogen) atoms. The van der Waals surface area contributed by atoms with Crippen molar-refractivity contribution >= 4 is 22.8 Å². The van der Waals surface area contributed by atoms with E-state index in [1.165, 1.54) is 0 Å². The fourth-order valence-corrected chi connectivity index (χ4v) is 1.60. The first kappa shape index (κ1) is 16.5. The third-order valence-corrected chi connectivity index (χ3v) is 2.27. The van der Waals surface area contributed by atoms with E-state index < -0.39 is 18.4 Å². The number of aliphatic carboxylic acids is 1. The standard InChI is InChI=1S/C11H8N2O4.C3H9N/c14-9(15)5-8-10(11(16)17)6-3-1-2-4-7(6)12-13-8;1-3(2)4/h1-4H,5H2,(H,14,15)(H,16,17);3H,4H2,1-2H3. The fourth-order valence-electron chi connectivity index (χ4n) is 1.60. The second-order valence-corrected chi connectivity index (χ2v) is 4.66. The molecule has 0 aliphatic rings. The first-order chi connectivity index (χ1) is 9.82. The molecule has 0 unspecified atom stereocenters. The number of nitrogens with two attached hydrogens (primary N) is 1. The smallest absolute Gasteiger partial charge is 0.338 e. The van der Waals surface area contributed by atoms with Crippen LogP contribution < -0.4 is 5.73 Å². The first-order valence-electron chi connectivity index (χ1n) is 6.28. The molecule has 112 valence electrons. The van der Waals surface area contributed by atoms with Crippen LogP contribution in [-0.2, 0) is 11.2 Å². The summed E-state index contributed by atoms with van der Waals surface area (Å²) in [5.74, 6) is -2.34. The van der Waals surface area contributed by atoms with Gasteiger partial charge in [0.2, 0.25) is 0 Å². The van der Waals surface area contributed by atoms with Crippen molar-refractivity contribution in [1.29, 1.82) is 0 Å². The number of carboxylic acids is 2. The number of carbonyl (C=O) groups is 2. The summed E-state index contributed by atoms with van der Waals surface area (Å²) >= 11 is 0. The molecular weight excluding hydrogens is 274 g/mol. The van der Waals surface area contributed by atoms with Gasteiger partial charge in [0.25, 0.3) is 0 Å². The Morgan fingerprint density at radius 1 is 1.19 bits per heavy atom. The Morgan fingerprint density at radius 2 is 1.76 bits per heavy atom. The molecular formula is C14H17N3O4. The number of aromatic carboxylic acids is 1. The topological polar surface area (TPSA) is 126 Å². The number of carboxylic acid groups (broad SMARTS) is 2. The maximum atomic E-state index is 11.2. The van der Waals surface area contributed by atoms with Crippen molar-refractivity contribution in [3.63, 3.8) is 0 Å². The predicted octanol–water partition coefficient (Wildman–Crippen LogP) is 1.31. The van der Waals surface area contributed by atoms with Crippen molar-refractivity contribution in [3.05, 3.63) is 35.5 Å². The van der Waals surface area contributed by atoms with Crippen LogP contribution >= 0.6 is 0 Å². The summed E-state index contributed by atoms with van der Waals surface area (Å²) in [6.45, 7) is 3.89. The molecule has 2 aromatic rings. The lowest BCUT2D eigenvalue weighted by Crippen LogP contribution is -2.12. The molecule has 0 spiro atoms. The summed E-state index contributed by atoms with van der Waals surface area (Å²) in [6, 6.07) is 6.92. The van der Waals surface area contributed by atoms with Gasteiger partial charge >= 0.3 is 11.9 Å². The fraction of sp³-hybridized carbons (Fsp3) is 0.286. The van der Waals surface area contributed by atoms with Gasteiger partial charge in [-0.25, -0.2) is 4.79 Å². The van der Waals surface area contributed by atoms with Crippen LogP contribution in [0.2, 0.25) is 0 Å². The third kappa shape index (κ3) is 4.81. The zero-order valence-corrected chi connectivity index (χ0v) is 11.8. The molecule has 7 heteroatoms. The highest BCUT2D eigenvalue weighted by Crippen LogP contribution is 2.19. The Bertz CT molecular complexity index is 653. The molecule has 0 amide bonds. The second-order valence-electron chi connectivity index (χ2n) is 4.66. The molecule has 4 N–H and O–H groups in total. The minimum atomic E-state index is -1.20. The average Bonchev–Trinajstić information content (AvgIpc) is 2.36. The molecule has 0 aliphatic carbocycles. The van der Waals surface area contributed by atoms with Gasteiger partial charge in [-0.15, -0.1) is 0 Å². The van der Waals surface area contributed by atoms with Gasteiger partial charge < -0.3 is 15.9 Å². The lowest BCUT2D eigenvalue weighted by atomic mass is 10.1. The summed E-state index contributed by atoms with van der Waals surface area (Å²) in [6.07, 6.45) is -0.459. The van der Waals surface area contributed by atoms with E-state index in [4.69, 9.17) is 15.9 Å². The van der Waals surface area contributed by atoms with Crippen molar-refractivity contribution in [2.45, 2.75) is 26.3 Å². The molecule has 0 saturated carbocycles. The van der Waals surface area contributed by atoms with Crippen molar-refractivity contribution in [2.24, 2.45) is 5.73 Å². The van der Waals surface area contributed by atoms with E-state index >= 15 is 0 Å². The number of fused-ring (bicyclic) bond motifs is 1. The molecule has 2 rings (SSSR count). The Kier molecular flexibility index (Phi) is 5.74. The quantitative estimate of drug-likeness (QED) is 0.778. The van der Waals surface area contributed by atoms with E-state index in [9.17, 15) is 9.59 Å². The maximum absolute atomic E-state index is 11.2. The van der Waals surface area contributed by atoms with Gasteiger partial charge in [0, 0.05) is 5.39 Å². The number of nitrogens with zero attached hydrogens (tertiary/aromatic N) is 2. The van der Waals surface area contributed by atoms with Crippen LogP contribution in [0.3, 0.4) is 0 Å². The van der Waals surface area contributed by atoms with E-state index in [1.54, 1.807) is 24.3 Å². The monoisotopic (exact) mass is 291 g/mol. The van der Waals surface area contributed by atoms with Crippen molar-refractivity contribution < 1.29 is 19.8 Å². The minimum absolute atomic E-state index is 0.0382. The van der Waals surface area contributed by atoms with Crippen LogP contribution in [0.1, 0.15) is 29.9 Å². The zero-order valence-electron chi connectivity index (χ0n) is 11.8.